The fourth-order valence-electron chi connectivity index (χ4n) is 3.43. The second-order valence-corrected chi connectivity index (χ2v) is 8.84. The van der Waals surface area contributed by atoms with Crippen molar-refractivity contribution in [2.24, 2.45) is 0 Å². The molecule has 140 valence electrons. The molecule has 0 amide bonds. The Labute approximate surface area is 159 Å². The molecule has 1 fully saturated rings. The Bertz CT molecular complexity index is 1050. The number of fused-ring (bicyclic) bond motifs is 1. The van der Waals surface area contributed by atoms with E-state index in [4.69, 9.17) is 9.97 Å². The van der Waals surface area contributed by atoms with Crippen LogP contribution in [0.3, 0.4) is 0 Å². The van der Waals surface area contributed by atoms with E-state index >= 15 is 0 Å². The normalized spacial score (nSPS) is 16.5. The molecule has 0 spiro atoms. The molecule has 1 saturated heterocycles. The van der Waals surface area contributed by atoms with Crippen molar-refractivity contribution in [2.75, 3.05) is 24.7 Å². The zero-order valence-electron chi connectivity index (χ0n) is 15.2. The van der Waals surface area contributed by atoms with Gasteiger partial charge < -0.3 is 5.32 Å². The molecular formula is C20H22N4O2S. The summed E-state index contributed by atoms with van der Waals surface area (Å²) in [7, 11) is -3.12. The lowest BCUT2D eigenvalue weighted by atomic mass is 10.1. The summed E-state index contributed by atoms with van der Waals surface area (Å²) in [6, 6.07) is 18.0. The van der Waals surface area contributed by atoms with Gasteiger partial charge in [0.2, 0.25) is 10.0 Å². The highest BCUT2D eigenvalue weighted by atomic mass is 32.2. The van der Waals surface area contributed by atoms with E-state index in [-0.39, 0.29) is 6.04 Å². The number of aromatic nitrogens is 2. The van der Waals surface area contributed by atoms with Crippen molar-refractivity contribution in [2.45, 2.75) is 18.9 Å². The van der Waals surface area contributed by atoms with Crippen molar-refractivity contribution in [3.05, 3.63) is 54.6 Å². The number of nitrogens with one attached hydrogen (secondary N) is 1. The summed E-state index contributed by atoms with van der Waals surface area (Å²) in [5.74, 6) is 1.49. The fourth-order valence-corrected chi connectivity index (χ4v) is 4.30. The van der Waals surface area contributed by atoms with E-state index in [1.807, 2.05) is 54.6 Å². The van der Waals surface area contributed by atoms with Crippen LogP contribution < -0.4 is 5.32 Å². The predicted octanol–water partition coefficient (Wildman–Crippen LogP) is 3.13. The maximum Gasteiger partial charge on any atom is 0.211 e. The molecule has 0 saturated carbocycles. The van der Waals surface area contributed by atoms with Gasteiger partial charge in [-0.3, -0.25) is 0 Å². The van der Waals surface area contributed by atoms with Crippen LogP contribution in [0, 0.1) is 0 Å². The Morgan fingerprint density at radius 1 is 0.963 bits per heavy atom. The van der Waals surface area contributed by atoms with E-state index in [9.17, 15) is 8.42 Å². The third-order valence-electron chi connectivity index (χ3n) is 4.90. The third-order valence-corrected chi connectivity index (χ3v) is 6.20. The average Bonchev–Trinajstić information content (AvgIpc) is 2.68. The molecule has 0 aliphatic carbocycles. The van der Waals surface area contributed by atoms with E-state index in [0.717, 1.165) is 35.1 Å². The van der Waals surface area contributed by atoms with Crippen LogP contribution in [0.25, 0.3) is 22.3 Å². The molecule has 0 atom stereocenters. The molecule has 1 aromatic heterocycles. The number of para-hydroxylation sites is 1. The van der Waals surface area contributed by atoms with Crippen LogP contribution in [0.5, 0.6) is 0 Å². The summed E-state index contributed by atoms with van der Waals surface area (Å²) >= 11 is 0. The van der Waals surface area contributed by atoms with Crippen LogP contribution in [0.1, 0.15) is 12.8 Å². The van der Waals surface area contributed by atoms with Crippen molar-refractivity contribution in [3.63, 3.8) is 0 Å². The van der Waals surface area contributed by atoms with Crippen LogP contribution in [0.4, 0.5) is 5.82 Å². The van der Waals surface area contributed by atoms with Crippen molar-refractivity contribution in [1.82, 2.24) is 14.3 Å². The quantitative estimate of drug-likeness (QED) is 0.750. The van der Waals surface area contributed by atoms with Crippen molar-refractivity contribution in [1.29, 1.82) is 0 Å². The number of nitrogens with zero attached hydrogens (tertiary/aromatic N) is 3. The molecule has 6 nitrogen and oxygen atoms in total. The smallest absolute Gasteiger partial charge is 0.211 e. The van der Waals surface area contributed by atoms with E-state index in [0.29, 0.717) is 18.9 Å². The molecule has 0 unspecified atom stereocenters. The molecule has 4 rings (SSSR count). The Balaban J connectivity index is 1.63. The fraction of sp³-hybridized carbons (Fsp3) is 0.300. The van der Waals surface area contributed by atoms with Gasteiger partial charge in [0.15, 0.2) is 5.82 Å². The molecular weight excluding hydrogens is 360 g/mol. The number of anilines is 1. The predicted molar refractivity (Wildman–Crippen MR) is 108 cm³/mol. The minimum absolute atomic E-state index is 0.185. The van der Waals surface area contributed by atoms with Crippen molar-refractivity contribution >= 4 is 26.7 Å². The monoisotopic (exact) mass is 382 g/mol. The molecule has 1 aliphatic heterocycles. The maximum atomic E-state index is 11.7. The summed E-state index contributed by atoms with van der Waals surface area (Å²) in [5.41, 5.74) is 1.86. The molecule has 27 heavy (non-hydrogen) atoms. The molecule has 7 heteroatoms. The number of hydrogen-bond donors (Lipinski definition) is 1. The van der Waals surface area contributed by atoms with Gasteiger partial charge in [-0.25, -0.2) is 22.7 Å². The first-order chi connectivity index (χ1) is 13.0. The van der Waals surface area contributed by atoms with Gasteiger partial charge >= 0.3 is 0 Å². The van der Waals surface area contributed by atoms with Gasteiger partial charge in [0.25, 0.3) is 0 Å². The second kappa shape index (κ2) is 7.25. The van der Waals surface area contributed by atoms with Gasteiger partial charge in [-0.2, -0.15) is 0 Å². The number of piperidine rings is 1. The zero-order valence-corrected chi connectivity index (χ0v) is 16.0. The summed E-state index contributed by atoms with van der Waals surface area (Å²) in [6.07, 6.45) is 2.78. The topological polar surface area (TPSA) is 75.2 Å². The van der Waals surface area contributed by atoms with Crippen LogP contribution >= 0.6 is 0 Å². The lowest BCUT2D eigenvalue weighted by Gasteiger charge is -2.31. The number of rotatable bonds is 4. The standard InChI is InChI=1S/C20H22N4O2S/c1-27(25,26)24-13-11-16(12-14-24)21-20-17-9-5-6-10-18(17)22-19(23-20)15-7-3-2-4-8-15/h2-10,16H,11-14H2,1H3,(H,21,22,23). The first-order valence-electron chi connectivity index (χ1n) is 9.04. The van der Waals surface area contributed by atoms with Gasteiger partial charge in [-0.05, 0) is 25.0 Å². The van der Waals surface area contributed by atoms with Crippen LogP contribution in [0.2, 0.25) is 0 Å². The molecule has 1 N–H and O–H groups in total. The summed E-state index contributed by atoms with van der Waals surface area (Å²) < 4.78 is 25.0. The molecule has 0 bridgehead atoms. The molecule has 1 aliphatic rings. The Morgan fingerprint density at radius 2 is 1.63 bits per heavy atom. The van der Waals surface area contributed by atoms with Gasteiger partial charge in [0.05, 0.1) is 11.8 Å². The lowest BCUT2D eigenvalue weighted by Crippen LogP contribution is -2.41. The Kier molecular flexibility index (Phi) is 4.80. The summed E-state index contributed by atoms with van der Waals surface area (Å²) in [5, 5.41) is 4.51. The lowest BCUT2D eigenvalue weighted by molar-refractivity contribution is 0.331. The van der Waals surface area contributed by atoms with Gasteiger partial charge in [0, 0.05) is 30.1 Å². The molecule has 2 heterocycles. The highest BCUT2D eigenvalue weighted by molar-refractivity contribution is 7.88. The number of hydrogen-bond acceptors (Lipinski definition) is 5. The van der Waals surface area contributed by atoms with E-state index < -0.39 is 10.0 Å². The molecule has 3 aromatic rings. The highest BCUT2D eigenvalue weighted by Gasteiger charge is 2.25. The third kappa shape index (κ3) is 3.94. The Hall–Kier alpha value is -2.51. The second-order valence-electron chi connectivity index (χ2n) is 6.86. The average molecular weight is 382 g/mol. The van der Waals surface area contributed by atoms with Crippen molar-refractivity contribution in [3.8, 4) is 11.4 Å². The molecule has 0 radical (unpaired) electrons. The zero-order chi connectivity index (χ0) is 18.9. The van der Waals surface area contributed by atoms with Crippen molar-refractivity contribution < 1.29 is 8.42 Å². The van der Waals surface area contributed by atoms with E-state index in [2.05, 4.69) is 5.32 Å². The summed E-state index contributed by atoms with van der Waals surface area (Å²) in [6.45, 7) is 1.07. The van der Waals surface area contributed by atoms with Crippen LogP contribution in [0.15, 0.2) is 54.6 Å². The van der Waals surface area contributed by atoms with E-state index in [1.165, 1.54) is 6.26 Å². The first-order valence-corrected chi connectivity index (χ1v) is 10.9. The van der Waals surface area contributed by atoms with Gasteiger partial charge in [-0.15, -0.1) is 0 Å². The number of benzene rings is 2. The van der Waals surface area contributed by atoms with Gasteiger partial charge in [0.1, 0.15) is 5.82 Å². The van der Waals surface area contributed by atoms with Crippen LogP contribution in [-0.2, 0) is 10.0 Å². The Morgan fingerprint density at radius 3 is 2.33 bits per heavy atom. The largest absolute Gasteiger partial charge is 0.367 e. The van der Waals surface area contributed by atoms with Crippen LogP contribution in [-0.4, -0.2) is 48.1 Å². The van der Waals surface area contributed by atoms with Gasteiger partial charge in [-0.1, -0.05) is 42.5 Å². The minimum Gasteiger partial charge on any atom is -0.367 e. The number of sulfonamides is 1. The first kappa shape index (κ1) is 17.9. The minimum atomic E-state index is -3.12. The highest BCUT2D eigenvalue weighted by Crippen LogP contribution is 2.27. The van der Waals surface area contributed by atoms with E-state index in [1.54, 1.807) is 4.31 Å². The maximum absolute atomic E-state index is 11.7. The SMILES string of the molecule is CS(=O)(=O)N1CCC(Nc2nc(-c3ccccc3)nc3ccccc23)CC1. The summed E-state index contributed by atoms with van der Waals surface area (Å²) in [4.78, 5) is 9.48. The molecule has 2 aromatic carbocycles.